The Morgan fingerprint density at radius 3 is 1.41 bits per heavy atom. The van der Waals surface area contributed by atoms with Crippen molar-refractivity contribution < 1.29 is 4.39 Å². The van der Waals surface area contributed by atoms with Crippen molar-refractivity contribution in [3.63, 3.8) is 0 Å². The fourth-order valence-electron chi connectivity index (χ4n) is 7.70. The van der Waals surface area contributed by atoms with Crippen LogP contribution in [0.2, 0.25) is 0 Å². The van der Waals surface area contributed by atoms with Crippen molar-refractivity contribution >= 4 is 49.6 Å². The molecule has 10 rings (SSSR count). The Labute approximate surface area is 324 Å². The fourth-order valence-corrected chi connectivity index (χ4v) is 7.70. The van der Waals surface area contributed by atoms with Gasteiger partial charge in [0.25, 0.3) is 0 Å². The zero-order valence-corrected chi connectivity index (χ0v) is 30.3. The summed E-state index contributed by atoms with van der Waals surface area (Å²) in [5, 5.41) is 4.52. The monoisotopic (exact) mass is 719 g/mol. The zero-order chi connectivity index (χ0) is 37.4. The van der Waals surface area contributed by atoms with Gasteiger partial charge in [-0.1, -0.05) is 146 Å². The van der Waals surface area contributed by atoms with E-state index >= 15 is 0 Å². The molecule has 1 heterocycles. The molecule has 0 aliphatic rings. The molecule has 56 heavy (non-hydrogen) atoms. The molecule has 0 unspecified atom stereocenters. The standard InChI is InChI=1S/C52H34FN3/c53-43-27-20-35(21-28-43)36-22-29-45(30-23-36)56(44-14-8-3-9-15-44)46-31-24-37(25-32-46)42-19-17-38-16-18-39-26-33-48-52(49(39)47(38)34-42)55-51(41-12-6-2-7-13-41)50(54-48)40-10-4-1-5-11-40/h1-34H. The summed E-state index contributed by atoms with van der Waals surface area (Å²) >= 11 is 0. The summed E-state index contributed by atoms with van der Waals surface area (Å²) in [4.78, 5) is 13.0. The van der Waals surface area contributed by atoms with Crippen molar-refractivity contribution in [1.82, 2.24) is 9.97 Å². The molecule has 0 saturated carbocycles. The van der Waals surface area contributed by atoms with Crippen LogP contribution in [0.4, 0.5) is 21.5 Å². The molecule has 0 fully saturated rings. The predicted octanol–water partition coefficient (Wildman–Crippen LogP) is 14.2. The smallest absolute Gasteiger partial charge is 0.123 e. The number of nitrogens with zero attached hydrogens (tertiary/aromatic N) is 3. The van der Waals surface area contributed by atoms with Gasteiger partial charge in [0.2, 0.25) is 0 Å². The van der Waals surface area contributed by atoms with Gasteiger partial charge in [-0.25, -0.2) is 14.4 Å². The maximum Gasteiger partial charge on any atom is 0.123 e. The van der Waals surface area contributed by atoms with E-state index in [1.54, 1.807) is 0 Å². The van der Waals surface area contributed by atoms with Crippen LogP contribution in [-0.2, 0) is 0 Å². The lowest BCUT2D eigenvalue weighted by atomic mass is 9.95. The van der Waals surface area contributed by atoms with Crippen molar-refractivity contribution in [3.05, 3.63) is 212 Å². The van der Waals surface area contributed by atoms with Crippen molar-refractivity contribution in [3.8, 4) is 44.8 Å². The number of fused-ring (bicyclic) bond motifs is 5. The summed E-state index contributed by atoms with van der Waals surface area (Å²) in [6.07, 6.45) is 0. The van der Waals surface area contributed by atoms with Crippen LogP contribution in [0.5, 0.6) is 0 Å². The quantitative estimate of drug-likeness (QED) is 0.154. The Hall–Kier alpha value is -7.43. The van der Waals surface area contributed by atoms with Gasteiger partial charge in [-0.3, -0.25) is 0 Å². The van der Waals surface area contributed by atoms with Crippen LogP contribution < -0.4 is 4.90 Å². The SMILES string of the molecule is Fc1ccc(-c2ccc(N(c3ccccc3)c3ccc(-c4ccc5ccc6ccc7nc(-c8ccccc8)c(-c8ccccc8)nc7c6c5c4)cc3)cc2)cc1. The van der Waals surface area contributed by atoms with E-state index in [0.29, 0.717) is 0 Å². The molecule has 264 valence electrons. The first-order chi connectivity index (χ1) is 27.7. The van der Waals surface area contributed by atoms with Gasteiger partial charge in [0.05, 0.1) is 22.4 Å². The van der Waals surface area contributed by atoms with Crippen molar-refractivity contribution in [2.45, 2.75) is 0 Å². The highest BCUT2D eigenvalue weighted by Crippen LogP contribution is 2.39. The number of anilines is 3. The van der Waals surface area contributed by atoms with Gasteiger partial charge >= 0.3 is 0 Å². The molecule has 0 aliphatic heterocycles. The van der Waals surface area contributed by atoms with E-state index < -0.39 is 0 Å². The van der Waals surface area contributed by atoms with Crippen LogP contribution in [0.3, 0.4) is 0 Å². The predicted molar refractivity (Wildman–Crippen MR) is 231 cm³/mol. The van der Waals surface area contributed by atoms with Crippen LogP contribution >= 0.6 is 0 Å². The third-order valence-electron chi connectivity index (χ3n) is 10.5. The van der Waals surface area contributed by atoms with Crippen LogP contribution in [-0.4, -0.2) is 9.97 Å². The normalized spacial score (nSPS) is 11.3. The molecule has 0 N–H and O–H groups in total. The number of para-hydroxylation sites is 1. The van der Waals surface area contributed by atoms with Gasteiger partial charge in [-0.2, -0.15) is 0 Å². The minimum absolute atomic E-state index is 0.237. The largest absolute Gasteiger partial charge is 0.311 e. The Kier molecular flexibility index (Phi) is 8.34. The van der Waals surface area contributed by atoms with Gasteiger partial charge < -0.3 is 4.90 Å². The molecule has 1 aromatic heterocycles. The molecule has 0 aliphatic carbocycles. The summed E-state index contributed by atoms with van der Waals surface area (Å²) < 4.78 is 13.6. The first-order valence-electron chi connectivity index (χ1n) is 18.8. The highest BCUT2D eigenvalue weighted by Gasteiger charge is 2.17. The second-order valence-corrected chi connectivity index (χ2v) is 14.0. The number of rotatable bonds is 7. The maximum absolute atomic E-state index is 13.6. The van der Waals surface area contributed by atoms with E-state index in [4.69, 9.17) is 9.97 Å². The van der Waals surface area contributed by atoms with E-state index in [9.17, 15) is 4.39 Å². The number of halogens is 1. The van der Waals surface area contributed by atoms with Crippen LogP contribution in [0.25, 0.3) is 77.3 Å². The second kappa shape index (κ2) is 14.1. The van der Waals surface area contributed by atoms with Gasteiger partial charge in [0.1, 0.15) is 5.82 Å². The van der Waals surface area contributed by atoms with Crippen molar-refractivity contribution in [1.29, 1.82) is 0 Å². The number of hydrogen-bond acceptors (Lipinski definition) is 3. The lowest BCUT2D eigenvalue weighted by molar-refractivity contribution is 0.628. The summed E-state index contributed by atoms with van der Waals surface area (Å²) in [7, 11) is 0. The molecular weight excluding hydrogens is 686 g/mol. The molecule has 0 saturated heterocycles. The molecular formula is C52H34FN3. The average molecular weight is 720 g/mol. The van der Waals surface area contributed by atoms with E-state index in [0.717, 1.165) is 94.4 Å². The average Bonchev–Trinajstić information content (AvgIpc) is 3.27. The van der Waals surface area contributed by atoms with Crippen LogP contribution in [0, 0.1) is 5.82 Å². The van der Waals surface area contributed by atoms with Crippen LogP contribution in [0.15, 0.2) is 206 Å². The van der Waals surface area contributed by atoms with Crippen molar-refractivity contribution in [2.75, 3.05) is 4.90 Å². The minimum Gasteiger partial charge on any atom is -0.311 e. The molecule has 0 radical (unpaired) electrons. The summed E-state index contributed by atoms with van der Waals surface area (Å²) in [5.74, 6) is -0.237. The minimum atomic E-state index is -0.237. The molecule has 10 aromatic rings. The van der Waals surface area contributed by atoms with Gasteiger partial charge in [-0.15, -0.1) is 0 Å². The van der Waals surface area contributed by atoms with E-state index in [2.05, 4.69) is 157 Å². The Balaban J connectivity index is 1.07. The summed E-state index contributed by atoms with van der Waals surface area (Å²) in [5.41, 5.74) is 13.0. The zero-order valence-electron chi connectivity index (χ0n) is 30.3. The van der Waals surface area contributed by atoms with Gasteiger partial charge in [0, 0.05) is 33.6 Å². The molecule has 0 spiro atoms. The fraction of sp³-hybridized carbons (Fsp3) is 0. The third kappa shape index (κ3) is 6.13. The molecule has 0 amide bonds. The third-order valence-corrected chi connectivity index (χ3v) is 10.5. The Morgan fingerprint density at radius 1 is 0.357 bits per heavy atom. The number of hydrogen-bond donors (Lipinski definition) is 0. The lowest BCUT2D eigenvalue weighted by Crippen LogP contribution is -2.09. The molecule has 0 atom stereocenters. The Morgan fingerprint density at radius 2 is 0.804 bits per heavy atom. The van der Waals surface area contributed by atoms with Gasteiger partial charge in [-0.05, 0) is 99.1 Å². The van der Waals surface area contributed by atoms with E-state index in [1.165, 1.54) is 12.1 Å². The Bertz CT molecular complexity index is 2980. The highest BCUT2D eigenvalue weighted by atomic mass is 19.1. The first-order valence-corrected chi connectivity index (χ1v) is 18.8. The molecule has 9 aromatic carbocycles. The topological polar surface area (TPSA) is 29.0 Å². The number of aromatic nitrogens is 2. The number of benzene rings is 9. The summed E-state index contributed by atoms with van der Waals surface area (Å²) in [6, 6.07) is 70.2. The van der Waals surface area contributed by atoms with Crippen molar-refractivity contribution in [2.24, 2.45) is 0 Å². The first kappa shape index (κ1) is 33.2. The van der Waals surface area contributed by atoms with E-state index in [1.807, 2.05) is 42.5 Å². The molecule has 0 bridgehead atoms. The molecule has 3 nitrogen and oxygen atoms in total. The molecule has 4 heteroatoms. The maximum atomic E-state index is 13.6. The van der Waals surface area contributed by atoms with Crippen LogP contribution in [0.1, 0.15) is 0 Å². The van der Waals surface area contributed by atoms with Gasteiger partial charge in [0.15, 0.2) is 0 Å². The summed E-state index contributed by atoms with van der Waals surface area (Å²) in [6.45, 7) is 0. The second-order valence-electron chi connectivity index (χ2n) is 14.0. The van der Waals surface area contributed by atoms with E-state index in [-0.39, 0.29) is 5.82 Å². The lowest BCUT2D eigenvalue weighted by Gasteiger charge is -2.26. The highest BCUT2D eigenvalue weighted by molar-refractivity contribution is 6.19.